The maximum absolute atomic E-state index is 5.98. The summed E-state index contributed by atoms with van der Waals surface area (Å²) in [7, 11) is 0. The molecular weight excluding hydrogens is 236 g/mol. The summed E-state index contributed by atoms with van der Waals surface area (Å²) >= 11 is 0. The molecule has 1 aromatic carbocycles. The van der Waals surface area contributed by atoms with Crippen LogP contribution in [0.15, 0.2) is 36.4 Å². The van der Waals surface area contributed by atoms with Crippen LogP contribution in [0.5, 0.6) is 5.75 Å². The van der Waals surface area contributed by atoms with Gasteiger partial charge in [0.1, 0.15) is 12.4 Å². The molecule has 0 aliphatic rings. The van der Waals surface area contributed by atoms with Crippen molar-refractivity contribution in [2.45, 2.75) is 33.4 Å². The Morgan fingerprint density at radius 1 is 1.21 bits per heavy atom. The number of rotatable bonds is 4. The van der Waals surface area contributed by atoms with Gasteiger partial charge in [0.2, 0.25) is 0 Å². The summed E-state index contributed by atoms with van der Waals surface area (Å²) in [4.78, 5) is 4.42. The molecule has 2 rings (SSSR count). The van der Waals surface area contributed by atoms with Crippen molar-refractivity contribution in [1.82, 2.24) is 4.98 Å². The van der Waals surface area contributed by atoms with Crippen molar-refractivity contribution in [3.05, 3.63) is 58.9 Å². The average molecular weight is 256 g/mol. The van der Waals surface area contributed by atoms with E-state index in [9.17, 15) is 0 Å². The fourth-order valence-electron chi connectivity index (χ4n) is 1.99. The lowest BCUT2D eigenvalue weighted by Crippen LogP contribution is -2.09. The number of hydrogen-bond donors (Lipinski definition) is 1. The second-order valence-corrected chi connectivity index (χ2v) is 4.89. The summed E-state index contributed by atoms with van der Waals surface area (Å²) in [5.74, 6) is 0.837. The Morgan fingerprint density at radius 2 is 2.00 bits per heavy atom. The van der Waals surface area contributed by atoms with E-state index in [0.29, 0.717) is 6.61 Å². The van der Waals surface area contributed by atoms with E-state index in [4.69, 9.17) is 10.5 Å². The van der Waals surface area contributed by atoms with E-state index in [1.54, 1.807) is 0 Å². The predicted molar refractivity (Wildman–Crippen MR) is 77.1 cm³/mol. The maximum Gasteiger partial charge on any atom is 0.130 e. The summed E-state index contributed by atoms with van der Waals surface area (Å²) in [6.07, 6.45) is 0. The molecule has 0 saturated carbocycles. The number of aromatic nitrogens is 1. The Bertz CT molecular complexity index is 564. The van der Waals surface area contributed by atoms with Crippen molar-refractivity contribution in [3.63, 3.8) is 0 Å². The monoisotopic (exact) mass is 256 g/mol. The molecule has 19 heavy (non-hydrogen) atoms. The molecule has 3 nitrogen and oxygen atoms in total. The van der Waals surface area contributed by atoms with Crippen molar-refractivity contribution >= 4 is 0 Å². The van der Waals surface area contributed by atoms with Gasteiger partial charge in [0.15, 0.2) is 0 Å². The fraction of sp³-hybridized carbons (Fsp3) is 0.312. The zero-order valence-corrected chi connectivity index (χ0v) is 11.7. The normalized spacial score (nSPS) is 12.2. The van der Waals surface area contributed by atoms with Crippen LogP contribution in [-0.4, -0.2) is 4.98 Å². The number of pyridine rings is 1. The number of benzene rings is 1. The maximum atomic E-state index is 5.98. The molecular formula is C16H20N2O. The highest BCUT2D eigenvalue weighted by Crippen LogP contribution is 2.25. The van der Waals surface area contributed by atoms with Crippen LogP contribution < -0.4 is 10.5 Å². The predicted octanol–water partition coefficient (Wildman–Crippen LogP) is 3.30. The van der Waals surface area contributed by atoms with Gasteiger partial charge in [-0.2, -0.15) is 0 Å². The molecule has 0 aliphatic heterocycles. The highest BCUT2D eigenvalue weighted by atomic mass is 16.5. The van der Waals surface area contributed by atoms with E-state index < -0.39 is 0 Å². The van der Waals surface area contributed by atoms with Crippen LogP contribution in [0.3, 0.4) is 0 Å². The van der Waals surface area contributed by atoms with Crippen molar-refractivity contribution in [3.8, 4) is 5.75 Å². The lowest BCUT2D eigenvalue weighted by molar-refractivity contribution is 0.296. The minimum Gasteiger partial charge on any atom is -0.487 e. The summed E-state index contributed by atoms with van der Waals surface area (Å²) < 4.78 is 5.85. The van der Waals surface area contributed by atoms with Gasteiger partial charge >= 0.3 is 0 Å². The highest BCUT2D eigenvalue weighted by molar-refractivity contribution is 5.38. The van der Waals surface area contributed by atoms with Crippen LogP contribution in [0.4, 0.5) is 0 Å². The molecule has 0 unspecified atom stereocenters. The van der Waals surface area contributed by atoms with Crippen molar-refractivity contribution in [2.24, 2.45) is 5.73 Å². The van der Waals surface area contributed by atoms with Gasteiger partial charge in [0, 0.05) is 17.3 Å². The Labute approximate surface area is 114 Å². The first-order valence-electron chi connectivity index (χ1n) is 6.47. The fourth-order valence-corrected chi connectivity index (χ4v) is 1.99. The SMILES string of the molecule is Cc1ccc(OCc2cccc(C)n2)c([C@@H](C)N)c1. The standard InChI is InChI=1S/C16H20N2O/c1-11-7-8-16(15(9-11)13(3)17)19-10-14-6-4-5-12(2)18-14/h4-9,13H,10,17H2,1-3H3/t13-/m1/s1. The number of nitrogens with two attached hydrogens (primary N) is 1. The van der Waals surface area contributed by atoms with Gasteiger partial charge in [0.05, 0.1) is 5.69 Å². The quantitative estimate of drug-likeness (QED) is 0.913. The van der Waals surface area contributed by atoms with E-state index in [1.807, 2.05) is 44.2 Å². The van der Waals surface area contributed by atoms with Crippen LogP contribution in [0.1, 0.15) is 35.5 Å². The molecule has 0 bridgehead atoms. The molecule has 0 aliphatic carbocycles. The summed E-state index contributed by atoms with van der Waals surface area (Å²) in [5.41, 5.74) is 10.1. The first kappa shape index (κ1) is 13.6. The number of nitrogens with zero attached hydrogens (tertiary/aromatic N) is 1. The number of hydrogen-bond acceptors (Lipinski definition) is 3. The van der Waals surface area contributed by atoms with Gasteiger partial charge in [-0.15, -0.1) is 0 Å². The third-order valence-electron chi connectivity index (χ3n) is 2.98. The molecule has 0 radical (unpaired) electrons. The zero-order chi connectivity index (χ0) is 13.8. The molecule has 2 aromatic rings. The van der Waals surface area contributed by atoms with E-state index in [2.05, 4.69) is 18.0 Å². The van der Waals surface area contributed by atoms with E-state index in [1.165, 1.54) is 5.56 Å². The molecule has 1 heterocycles. The van der Waals surface area contributed by atoms with Gasteiger partial charge in [-0.1, -0.05) is 23.8 Å². The van der Waals surface area contributed by atoms with Gasteiger partial charge < -0.3 is 10.5 Å². The molecule has 1 atom stereocenters. The topological polar surface area (TPSA) is 48.1 Å². The van der Waals surface area contributed by atoms with Gasteiger partial charge in [-0.05, 0) is 39.0 Å². The lowest BCUT2D eigenvalue weighted by atomic mass is 10.1. The first-order chi connectivity index (χ1) is 9.06. The number of ether oxygens (including phenoxy) is 1. The molecule has 0 spiro atoms. The Kier molecular flexibility index (Phi) is 4.17. The molecule has 100 valence electrons. The van der Waals surface area contributed by atoms with Crippen LogP contribution in [-0.2, 0) is 6.61 Å². The van der Waals surface area contributed by atoms with Crippen molar-refractivity contribution in [1.29, 1.82) is 0 Å². The minimum atomic E-state index is -0.0413. The van der Waals surface area contributed by atoms with Gasteiger partial charge in [-0.3, -0.25) is 4.98 Å². The molecule has 1 aromatic heterocycles. The second-order valence-electron chi connectivity index (χ2n) is 4.89. The third kappa shape index (κ3) is 3.55. The van der Waals surface area contributed by atoms with E-state index in [-0.39, 0.29) is 6.04 Å². The minimum absolute atomic E-state index is 0.0413. The number of aryl methyl sites for hydroxylation is 2. The molecule has 0 amide bonds. The summed E-state index contributed by atoms with van der Waals surface area (Å²) in [6.45, 7) is 6.46. The van der Waals surface area contributed by atoms with E-state index in [0.717, 1.165) is 22.7 Å². The van der Waals surface area contributed by atoms with Gasteiger partial charge in [0.25, 0.3) is 0 Å². The Balaban J connectivity index is 2.15. The van der Waals surface area contributed by atoms with Crippen LogP contribution in [0.25, 0.3) is 0 Å². The van der Waals surface area contributed by atoms with Crippen molar-refractivity contribution < 1.29 is 4.74 Å². The molecule has 2 N–H and O–H groups in total. The Hall–Kier alpha value is -1.87. The van der Waals surface area contributed by atoms with Gasteiger partial charge in [-0.25, -0.2) is 0 Å². The molecule has 0 saturated heterocycles. The zero-order valence-electron chi connectivity index (χ0n) is 11.7. The Morgan fingerprint density at radius 3 is 2.68 bits per heavy atom. The van der Waals surface area contributed by atoms with Crippen LogP contribution in [0, 0.1) is 13.8 Å². The summed E-state index contributed by atoms with van der Waals surface area (Å²) in [6, 6.07) is 12.0. The molecule has 0 fully saturated rings. The summed E-state index contributed by atoms with van der Waals surface area (Å²) in [5, 5.41) is 0. The molecule has 3 heteroatoms. The third-order valence-corrected chi connectivity index (χ3v) is 2.98. The largest absolute Gasteiger partial charge is 0.487 e. The van der Waals surface area contributed by atoms with Crippen molar-refractivity contribution in [2.75, 3.05) is 0 Å². The smallest absolute Gasteiger partial charge is 0.130 e. The van der Waals surface area contributed by atoms with E-state index >= 15 is 0 Å². The first-order valence-corrected chi connectivity index (χ1v) is 6.47. The van der Waals surface area contributed by atoms with Crippen LogP contribution >= 0.6 is 0 Å². The van der Waals surface area contributed by atoms with Crippen LogP contribution in [0.2, 0.25) is 0 Å². The lowest BCUT2D eigenvalue weighted by Gasteiger charge is -2.14. The highest BCUT2D eigenvalue weighted by Gasteiger charge is 2.09. The average Bonchev–Trinajstić information content (AvgIpc) is 2.37. The second kappa shape index (κ2) is 5.85.